The van der Waals surface area contributed by atoms with Gasteiger partial charge in [0.25, 0.3) is 0 Å². The Morgan fingerprint density at radius 2 is 2.00 bits per heavy atom. The number of benzene rings is 1. The summed E-state index contributed by atoms with van der Waals surface area (Å²) in [6, 6.07) is 8.17. The number of rotatable bonds is 3. The van der Waals surface area contributed by atoms with Gasteiger partial charge in [-0.3, -0.25) is 4.84 Å². The van der Waals surface area contributed by atoms with E-state index in [1.165, 1.54) is 5.69 Å². The predicted octanol–water partition coefficient (Wildman–Crippen LogP) is 0.913. The number of hydrogen-bond acceptors (Lipinski definition) is 4. The highest BCUT2D eigenvalue weighted by Gasteiger charge is 2.13. The summed E-state index contributed by atoms with van der Waals surface area (Å²) in [6.45, 7) is 3.90. The molecule has 1 heterocycles. The molecule has 1 aliphatic heterocycles. The highest BCUT2D eigenvalue weighted by Crippen LogP contribution is 2.21. The lowest BCUT2D eigenvalue weighted by Gasteiger charge is -2.30. The smallest absolute Gasteiger partial charge is 0.0950 e. The number of hydrogen-bond donors (Lipinski definition) is 1. The maximum absolute atomic E-state index is 5.32. The van der Waals surface area contributed by atoms with E-state index in [2.05, 4.69) is 11.0 Å². The fourth-order valence-electron chi connectivity index (χ4n) is 1.84. The first-order valence-electron chi connectivity index (χ1n) is 5.14. The molecule has 1 fully saturated rings. The standard InChI is InChI=1S/C11H16N2O2/c12-15-9-10-3-1-2-4-11(10)13-5-7-14-8-6-13/h1-4H,5-9,12H2. The predicted molar refractivity (Wildman–Crippen MR) is 58.5 cm³/mol. The zero-order valence-corrected chi connectivity index (χ0v) is 8.69. The molecular weight excluding hydrogens is 192 g/mol. The van der Waals surface area contributed by atoms with Crippen molar-refractivity contribution in [1.29, 1.82) is 0 Å². The average molecular weight is 208 g/mol. The molecule has 1 aromatic rings. The van der Waals surface area contributed by atoms with Crippen LogP contribution in [0.3, 0.4) is 0 Å². The molecule has 0 radical (unpaired) electrons. The lowest BCUT2D eigenvalue weighted by Crippen LogP contribution is -2.36. The molecule has 0 aromatic heterocycles. The Bertz CT molecular complexity index is 311. The number of ether oxygens (including phenoxy) is 1. The second kappa shape index (κ2) is 5.11. The van der Waals surface area contributed by atoms with Crippen LogP contribution in [-0.2, 0) is 16.2 Å². The van der Waals surface area contributed by atoms with Crippen molar-refractivity contribution in [2.75, 3.05) is 31.2 Å². The van der Waals surface area contributed by atoms with E-state index in [9.17, 15) is 0 Å². The summed E-state index contributed by atoms with van der Waals surface area (Å²) in [5.74, 6) is 5.12. The van der Waals surface area contributed by atoms with Gasteiger partial charge in [-0.25, -0.2) is 5.90 Å². The van der Waals surface area contributed by atoms with Gasteiger partial charge in [-0.2, -0.15) is 0 Å². The Morgan fingerprint density at radius 1 is 1.27 bits per heavy atom. The first-order valence-corrected chi connectivity index (χ1v) is 5.14. The van der Waals surface area contributed by atoms with Gasteiger partial charge in [0.15, 0.2) is 0 Å². The van der Waals surface area contributed by atoms with Crippen molar-refractivity contribution in [3.8, 4) is 0 Å². The highest BCUT2D eigenvalue weighted by atomic mass is 16.6. The molecular formula is C11H16N2O2. The topological polar surface area (TPSA) is 47.7 Å². The number of anilines is 1. The molecule has 0 spiro atoms. The monoisotopic (exact) mass is 208 g/mol. The zero-order chi connectivity index (χ0) is 10.5. The van der Waals surface area contributed by atoms with Crippen molar-refractivity contribution in [3.63, 3.8) is 0 Å². The summed E-state index contributed by atoms with van der Waals surface area (Å²) in [5.41, 5.74) is 2.33. The number of nitrogens with zero attached hydrogens (tertiary/aromatic N) is 1. The van der Waals surface area contributed by atoms with E-state index >= 15 is 0 Å². The molecule has 0 saturated carbocycles. The molecule has 4 heteroatoms. The molecule has 0 amide bonds. The first-order chi connectivity index (χ1) is 7.42. The first kappa shape index (κ1) is 10.4. The summed E-state index contributed by atoms with van der Waals surface area (Å²) in [6.07, 6.45) is 0. The van der Waals surface area contributed by atoms with Crippen LogP contribution in [0, 0.1) is 0 Å². The molecule has 1 saturated heterocycles. The van der Waals surface area contributed by atoms with Crippen LogP contribution in [0.25, 0.3) is 0 Å². The van der Waals surface area contributed by atoms with Crippen molar-refractivity contribution in [2.24, 2.45) is 5.90 Å². The average Bonchev–Trinajstić information content (AvgIpc) is 2.31. The minimum Gasteiger partial charge on any atom is -0.378 e. The number of nitrogens with two attached hydrogens (primary N) is 1. The molecule has 0 atom stereocenters. The van der Waals surface area contributed by atoms with Gasteiger partial charge in [-0.1, -0.05) is 18.2 Å². The van der Waals surface area contributed by atoms with Crippen LogP contribution in [0.15, 0.2) is 24.3 Å². The van der Waals surface area contributed by atoms with E-state index in [4.69, 9.17) is 15.5 Å². The highest BCUT2D eigenvalue weighted by molar-refractivity contribution is 5.53. The third-order valence-electron chi connectivity index (χ3n) is 2.58. The Morgan fingerprint density at radius 3 is 2.73 bits per heavy atom. The van der Waals surface area contributed by atoms with Gasteiger partial charge in [0.2, 0.25) is 0 Å². The van der Waals surface area contributed by atoms with Crippen molar-refractivity contribution in [2.45, 2.75) is 6.61 Å². The normalized spacial score (nSPS) is 16.7. The van der Waals surface area contributed by atoms with E-state index in [1.807, 2.05) is 18.2 Å². The third-order valence-corrected chi connectivity index (χ3v) is 2.58. The van der Waals surface area contributed by atoms with Crippen LogP contribution >= 0.6 is 0 Å². The van der Waals surface area contributed by atoms with Crippen LogP contribution in [0.4, 0.5) is 5.69 Å². The second-order valence-electron chi connectivity index (χ2n) is 3.54. The largest absolute Gasteiger partial charge is 0.378 e. The lowest BCUT2D eigenvalue weighted by molar-refractivity contribution is 0.118. The van der Waals surface area contributed by atoms with Crippen LogP contribution in [0.2, 0.25) is 0 Å². The van der Waals surface area contributed by atoms with E-state index in [0.29, 0.717) is 6.61 Å². The molecule has 0 unspecified atom stereocenters. The van der Waals surface area contributed by atoms with Gasteiger partial charge in [0.1, 0.15) is 0 Å². The van der Waals surface area contributed by atoms with Gasteiger partial charge in [-0.05, 0) is 6.07 Å². The van der Waals surface area contributed by atoms with Gasteiger partial charge in [0.05, 0.1) is 19.8 Å². The number of morpholine rings is 1. The molecule has 0 bridgehead atoms. The maximum atomic E-state index is 5.32. The Kier molecular flexibility index (Phi) is 3.55. The summed E-state index contributed by atoms with van der Waals surface area (Å²) < 4.78 is 5.32. The third kappa shape index (κ3) is 2.47. The molecule has 82 valence electrons. The van der Waals surface area contributed by atoms with E-state index in [-0.39, 0.29) is 0 Å². The molecule has 15 heavy (non-hydrogen) atoms. The second-order valence-corrected chi connectivity index (χ2v) is 3.54. The molecule has 4 nitrogen and oxygen atoms in total. The Labute approximate surface area is 89.5 Å². The van der Waals surface area contributed by atoms with Crippen LogP contribution in [0.5, 0.6) is 0 Å². The summed E-state index contributed by atoms with van der Waals surface area (Å²) in [4.78, 5) is 7.00. The summed E-state index contributed by atoms with van der Waals surface area (Å²) >= 11 is 0. The van der Waals surface area contributed by atoms with Crippen molar-refractivity contribution >= 4 is 5.69 Å². The quantitative estimate of drug-likeness (QED) is 0.750. The lowest BCUT2D eigenvalue weighted by atomic mass is 10.1. The zero-order valence-electron chi connectivity index (χ0n) is 8.69. The molecule has 1 aliphatic rings. The van der Waals surface area contributed by atoms with E-state index < -0.39 is 0 Å². The molecule has 1 aromatic carbocycles. The van der Waals surface area contributed by atoms with Gasteiger partial charge >= 0.3 is 0 Å². The molecule has 2 N–H and O–H groups in total. The Hall–Kier alpha value is -1.10. The summed E-state index contributed by atoms with van der Waals surface area (Å²) in [7, 11) is 0. The van der Waals surface area contributed by atoms with Gasteiger partial charge in [0, 0.05) is 24.3 Å². The van der Waals surface area contributed by atoms with Gasteiger partial charge in [-0.15, -0.1) is 0 Å². The van der Waals surface area contributed by atoms with Crippen LogP contribution < -0.4 is 10.8 Å². The van der Waals surface area contributed by atoms with Crippen LogP contribution in [0.1, 0.15) is 5.56 Å². The van der Waals surface area contributed by atoms with E-state index in [1.54, 1.807) is 0 Å². The molecule has 2 rings (SSSR count). The number of para-hydroxylation sites is 1. The fraction of sp³-hybridized carbons (Fsp3) is 0.455. The Balaban J connectivity index is 2.17. The van der Waals surface area contributed by atoms with Crippen molar-refractivity contribution < 1.29 is 9.57 Å². The van der Waals surface area contributed by atoms with Crippen LogP contribution in [-0.4, -0.2) is 26.3 Å². The van der Waals surface area contributed by atoms with Crippen molar-refractivity contribution in [3.05, 3.63) is 29.8 Å². The fourth-order valence-corrected chi connectivity index (χ4v) is 1.84. The summed E-state index contributed by atoms with van der Waals surface area (Å²) in [5, 5.41) is 0. The minimum absolute atomic E-state index is 0.452. The van der Waals surface area contributed by atoms with Crippen molar-refractivity contribution in [1.82, 2.24) is 0 Å². The SMILES string of the molecule is NOCc1ccccc1N1CCOCC1. The van der Waals surface area contributed by atoms with Gasteiger partial charge < -0.3 is 9.64 Å². The molecule has 0 aliphatic carbocycles. The maximum Gasteiger partial charge on any atom is 0.0950 e. The van der Waals surface area contributed by atoms with E-state index in [0.717, 1.165) is 31.9 Å². The minimum atomic E-state index is 0.452.